The molecule has 0 radical (unpaired) electrons. The Bertz CT molecular complexity index is 1050. The summed E-state index contributed by atoms with van der Waals surface area (Å²) in [6.07, 6.45) is 0. The third-order valence-corrected chi connectivity index (χ3v) is 6.97. The molecule has 0 saturated carbocycles. The van der Waals surface area contributed by atoms with Crippen LogP contribution in [0.4, 0.5) is 5.69 Å². The molecular formula is C21H23N3O3S2. The molecule has 3 aromatic rings. The van der Waals surface area contributed by atoms with Gasteiger partial charge in [0.1, 0.15) is 4.21 Å². The maximum absolute atomic E-state index is 12.9. The van der Waals surface area contributed by atoms with E-state index in [0.29, 0.717) is 17.8 Å². The first-order chi connectivity index (χ1) is 13.8. The maximum Gasteiger partial charge on any atom is 0.271 e. The van der Waals surface area contributed by atoms with Crippen LogP contribution in [0.3, 0.4) is 0 Å². The summed E-state index contributed by atoms with van der Waals surface area (Å²) in [5, 5.41) is 4.74. The first kappa shape index (κ1) is 21.0. The van der Waals surface area contributed by atoms with Crippen LogP contribution >= 0.6 is 11.3 Å². The van der Waals surface area contributed by atoms with E-state index in [2.05, 4.69) is 10.0 Å². The molecule has 2 aromatic carbocycles. The molecule has 0 aliphatic rings. The number of nitrogens with zero attached hydrogens (tertiary/aromatic N) is 1. The highest BCUT2D eigenvalue weighted by Crippen LogP contribution is 2.21. The highest BCUT2D eigenvalue weighted by atomic mass is 32.2. The molecule has 0 bridgehead atoms. The van der Waals surface area contributed by atoms with Crippen molar-refractivity contribution in [2.75, 3.05) is 25.4 Å². The first-order valence-corrected chi connectivity index (χ1v) is 11.4. The highest BCUT2D eigenvalue weighted by molar-refractivity contribution is 7.94. The second-order valence-electron chi connectivity index (χ2n) is 6.82. The van der Waals surface area contributed by atoms with Crippen molar-refractivity contribution in [3.8, 4) is 0 Å². The summed E-state index contributed by atoms with van der Waals surface area (Å²) in [7, 11) is 0.229. The SMILES string of the molecule is CN(C)CC(NC(=O)c1cccc(NS(=O)(=O)c2cccs2)c1)c1ccccc1. The number of thiophene rings is 1. The average Bonchev–Trinajstić information content (AvgIpc) is 3.23. The number of nitrogens with one attached hydrogen (secondary N) is 2. The van der Waals surface area contributed by atoms with Gasteiger partial charge in [-0.25, -0.2) is 8.42 Å². The Labute approximate surface area is 175 Å². The highest BCUT2D eigenvalue weighted by Gasteiger charge is 2.18. The molecule has 1 aromatic heterocycles. The Morgan fingerprint density at radius 2 is 1.79 bits per heavy atom. The zero-order chi connectivity index (χ0) is 20.9. The molecule has 1 heterocycles. The number of likely N-dealkylation sites (N-methyl/N-ethyl adjacent to an activating group) is 1. The van der Waals surface area contributed by atoms with E-state index in [1.165, 1.54) is 12.1 Å². The van der Waals surface area contributed by atoms with Gasteiger partial charge in [0.25, 0.3) is 15.9 Å². The van der Waals surface area contributed by atoms with Crippen molar-refractivity contribution in [3.63, 3.8) is 0 Å². The van der Waals surface area contributed by atoms with Crippen LogP contribution in [0.25, 0.3) is 0 Å². The largest absolute Gasteiger partial charge is 0.344 e. The van der Waals surface area contributed by atoms with Crippen molar-refractivity contribution in [1.29, 1.82) is 0 Å². The summed E-state index contributed by atoms with van der Waals surface area (Å²) in [5.41, 5.74) is 1.73. The minimum atomic E-state index is -3.66. The predicted octanol–water partition coefficient (Wildman–Crippen LogP) is 3.58. The number of hydrogen-bond acceptors (Lipinski definition) is 5. The number of anilines is 1. The van der Waals surface area contributed by atoms with Crippen LogP contribution in [0.2, 0.25) is 0 Å². The molecule has 8 heteroatoms. The van der Waals surface area contributed by atoms with E-state index in [1.807, 2.05) is 49.3 Å². The fourth-order valence-corrected chi connectivity index (χ4v) is 4.91. The van der Waals surface area contributed by atoms with E-state index in [1.54, 1.807) is 29.6 Å². The lowest BCUT2D eigenvalue weighted by Gasteiger charge is -2.23. The lowest BCUT2D eigenvalue weighted by Crippen LogP contribution is -2.35. The second-order valence-corrected chi connectivity index (χ2v) is 9.67. The molecule has 0 aliphatic heterocycles. The van der Waals surface area contributed by atoms with Crippen LogP contribution in [-0.4, -0.2) is 39.9 Å². The van der Waals surface area contributed by atoms with Gasteiger partial charge in [0.15, 0.2) is 0 Å². The monoisotopic (exact) mass is 429 g/mol. The molecule has 0 spiro atoms. The Kier molecular flexibility index (Phi) is 6.68. The van der Waals surface area contributed by atoms with Gasteiger partial charge in [-0.1, -0.05) is 42.5 Å². The van der Waals surface area contributed by atoms with E-state index in [-0.39, 0.29) is 16.2 Å². The topological polar surface area (TPSA) is 78.5 Å². The molecule has 29 heavy (non-hydrogen) atoms. The third kappa shape index (κ3) is 5.66. The number of rotatable bonds is 8. The van der Waals surface area contributed by atoms with Gasteiger partial charge in [-0.3, -0.25) is 9.52 Å². The predicted molar refractivity (Wildman–Crippen MR) is 117 cm³/mol. The van der Waals surface area contributed by atoms with Gasteiger partial charge < -0.3 is 10.2 Å². The molecule has 6 nitrogen and oxygen atoms in total. The van der Waals surface area contributed by atoms with Crippen molar-refractivity contribution in [2.45, 2.75) is 10.3 Å². The zero-order valence-electron chi connectivity index (χ0n) is 16.2. The smallest absolute Gasteiger partial charge is 0.271 e. The number of sulfonamides is 1. The Morgan fingerprint density at radius 1 is 1.03 bits per heavy atom. The minimum Gasteiger partial charge on any atom is -0.344 e. The number of hydrogen-bond donors (Lipinski definition) is 2. The van der Waals surface area contributed by atoms with E-state index >= 15 is 0 Å². The van der Waals surface area contributed by atoms with Crippen LogP contribution < -0.4 is 10.0 Å². The van der Waals surface area contributed by atoms with Gasteiger partial charge in [0, 0.05) is 17.8 Å². The fraction of sp³-hybridized carbons (Fsp3) is 0.190. The van der Waals surface area contributed by atoms with E-state index in [9.17, 15) is 13.2 Å². The molecule has 152 valence electrons. The Morgan fingerprint density at radius 3 is 2.45 bits per heavy atom. The fourth-order valence-electron chi connectivity index (χ4n) is 2.87. The van der Waals surface area contributed by atoms with Crippen LogP contribution in [0, 0.1) is 0 Å². The summed E-state index contributed by atoms with van der Waals surface area (Å²) in [4.78, 5) is 14.9. The number of benzene rings is 2. The lowest BCUT2D eigenvalue weighted by atomic mass is 10.1. The van der Waals surface area contributed by atoms with Crippen molar-refractivity contribution in [3.05, 3.63) is 83.2 Å². The number of carbonyl (C=O) groups excluding carboxylic acids is 1. The summed E-state index contributed by atoms with van der Waals surface area (Å²) >= 11 is 1.14. The summed E-state index contributed by atoms with van der Waals surface area (Å²) in [6, 6.07) is 19.3. The van der Waals surface area contributed by atoms with Crippen molar-refractivity contribution in [2.24, 2.45) is 0 Å². The summed E-state index contributed by atoms with van der Waals surface area (Å²) in [5.74, 6) is -0.266. The third-order valence-electron chi connectivity index (χ3n) is 4.19. The standard InChI is InChI=1S/C21H23N3O3S2/c1-24(2)15-19(16-8-4-3-5-9-16)22-21(25)17-10-6-11-18(14-17)23-29(26,27)20-12-7-13-28-20/h3-14,19,23H,15H2,1-2H3,(H,22,25). The van der Waals surface area contributed by atoms with Crippen LogP contribution in [-0.2, 0) is 10.0 Å². The Hall–Kier alpha value is -2.68. The van der Waals surface area contributed by atoms with Gasteiger partial charge in [-0.2, -0.15) is 0 Å². The zero-order valence-corrected chi connectivity index (χ0v) is 17.8. The summed E-state index contributed by atoms with van der Waals surface area (Å²) < 4.78 is 27.6. The maximum atomic E-state index is 12.9. The number of carbonyl (C=O) groups is 1. The second kappa shape index (κ2) is 9.21. The molecule has 3 rings (SSSR count). The van der Waals surface area contributed by atoms with Gasteiger partial charge in [-0.05, 0) is 49.3 Å². The van der Waals surface area contributed by atoms with Gasteiger partial charge in [0.05, 0.1) is 6.04 Å². The lowest BCUT2D eigenvalue weighted by molar-refractivity contribution is 0.0930. The molecule has 0 aliphatic carbocycles. The first-order valence-electron chi connectivity index (χ1n) is 9.02. The van der Waals surface area contributed by atoms with E-state index in [0.717, 1.165) is 16.9 Å². The van der Waals surface area contributed by atoms with Crippen LogP contribution in [0.15, 0.2) is 76.3 Å². The minimum absolute atomic E-state index is 0.190. The quantitative estimate of drug-likeness (QED) is 0.574. The van der Waals surface area contributed by atoms with Crippen LogP contribution in [0.5, 0.6) is 0 Å². The van der Waals surface area contributed by atoms with Crippen molar-refractivity contribution >= 4 is 33.0 Å². The molecule has 2 N–H and O–H groups in total. The Balaban J connectivity index is 1.78. The number of amides is 1. The molecule has 1 atom stereocenters. The van der Waals surface area contributed by atoms with E-state index < -0.39 is 10.0 Å². The van der Waals surface area contributed by atoms with E-state index in [4.69, 9.17) is 0 Å². The molecular weight excluding hydrogens is 406 g/mol. The van der Waals surface area contributed by atoms with Gasteiger partial charge in [0.2, 0.25) is 0 Å². The molecule has 1 unspecified atom stereocenters. The van der Waals surface area contributed by atoms with Crippen molar-refractivity contribution < 1.29 is 13.2 Å². The van der Waals surface area contributed by atoms with Gasteiger partial charge >= 0.3 is 0 Å². The normalized spacial score (nSPS) is 12.5. The van der Waals surface area contributed by atoms with Crippen molar-refractivity contribution in [1.82, 2.24) is 10.2 Å². The molecule has 1 amide bonds. The van der Waals surface area contributed by atoms with Gasteiger partial charge in [-0.15, -0.1) is 11.3 Å². The average molecular weight is 430 g/mol. The summed E-state index contributed by atoms with van der Waals surface area (Å²) in [6.45, 7) is 0.639. The molecule has 0 saturated heterocycles. The molecule has 0 fully saturated rings. The van der Waals surface area contributed by atoms with Crippen LogP contribution in [0.1, 0.15) is 22.0 Å².